The van der Waals surface area contributed by atoms with Gasteiger partial charge < -0.3 is 18.8 Å². The van der Waals surface area contributed by atoms with Crippen LogP contribution in [0.25, 0.3) is 11.5 Å². The Morgan fingerprint density at radius 2 is 1.90 bits per heavy atom. The maximum Gasteiger partial charge on any atom is 0.247 e. The van der Waals surface area contributed by atoms with E-state index in [2.05, 4.69) is 37.2 Å². The molecule has 8 heteroatoms. The Morgan fingerprint density at radius 1 is 1.07 bits per heavy atom. The fourth-order valence-corrected chi connectivity index (χ4v) is 3.66. The number of hydrogen-bond acceptors (Lipinski definition) is 8. The normalized spacial score (nSPS) is 15.9. The maximum atomic E-state index is 5.89. The van der Waals surface area contributed by atoms with Crippen LogP contribution in [0.2, 0.25) is 0 Å². The molecule has 0 amide bonds. The molecule has 1 fully saturated rings. The van der Waals surface area contributed by atoms with Crippen molar-refractivity contribution in [1.29, 1.82) is 0 Å². The number of fused-ring (bicyclic) bond motifs is 1. The maximum absolute atomic E-state index is 5.89. The highest BCUT2D eigenvalue weighted by Crippen LogP contribution is 2.34. The van der Waals surface area contributed by atoms with Gasteiger partial charge in [0.05, 0.1) is 26.7 Å². The molecular weight excluding hydrogens is 370 g/mol. The molecule has 29 heavy (non-hydrogen) atoms. The molecule has 2 aromatic heterocycles. The third-order valence-corrected chi connectivity index (χ3v) is 5.14. The highest BCUT2D eigenvalue weighted by atomic mass is 16.5. The number of aliphatic imine (C=N–C) groups is 1. The summed E-state index contributed by atoms with van der Waals surface area (Å²) in [4.78, 5) is 11.2. The molecular formula is C21H21N5O3. The summed E-state index contributed by atoms with van der Waals surface area (Å²) in [5.74, 6) is 1.61. The summed E-state index contributed by atoms with van der Waals surface area (Å²) >= 11 is 0. The Labute approximate surface area is 168 Å². The fourth-order valence-electron chi connectivity index (χ4n) is 3.66. The van der Waals surface area contributed by atoms with Crippen molar-refractivity contribution in [2.24, 2.45) is 4.99 Å². The summed E-state index contributed by atoms with van der Waals surface area (Å²) in [6.07, 6.45) is 2.98. The number of ether oxygens (including phenoxy) is 2. The number of pyridine rings is 1. The first-order chi connectivity index (χ1) is 14.3. The monoisotopic (exact) mass is 391 g/mol. The van der Waals surface area contributed by atoms with E-state index in [0.29, 0.717) is 24.1 Å². The predicted octanol–water partition coefficient (Wildman–Crippen LogP) is 2.85. The second-order valence-electron chi connectivity index (χ2n) is 7.01. The lowest BCUT2D eigenvalue weighted by atomic mass is 10.1. The van der Waals surface area contributed by atoms with Gasteiger partial charge in [0.2, 0.25) is 17.7 Å². The molecule has 3 aromatic rings. The molecule has 0 bridgehead atoms. The van der Waals surface area contributed by atoms with E-state index >= 15 is 0 Å². The van der Waals surface area contributed by atoms with Crippen molar-refractivity contribution < 1.29 is 13.9 Å². The van der Waals surface area contributed by atoms with Gasteiger partial charge >= 0.3 is 0 Å². The van der Waals surface area contributed by atoms with Crippen LogP contribution < -0.4 is 9.64 Å². The van der Waals surface area contributed by atoms with Gasteiger partial charge in [0.25, 0.3) is 0 Å². The van der Waals surface area contributed by atoms with Crippen LogP contribution >= 0.6 is 0 Å². The van der Waals surface area contributed by atoms with Gasteiger partial charge in [0.15, 0.2) is 0 Å². The molecule has 0 atom stereocenters. The highest BCUT2D eigenvalue weighted by Gasteiger charge is 2.21. The van der Waals surface area contributed by atoms with Crippen molar-refractivity contribution in [3.05, 3.63) is 48.0 Å². The van der Waals surface area contributed by atoms with Gasteiger partial charge in [-0.2, -0.15) is 0 Å². The first kappa shape index (κ1) is 17.8. The van der Waals surface area contributed by atoms with E-state index in [4.69, 9.17) is 13.9 Å². The average molecular weight is 391 g/mol. The molecule has 1 aromatic carbocycles. The minimum Gasteiger partial charge on any atom is -0.479 e. The van der Waals surface area contributed by atoms with Crippen molar-refractivity contribution in [2.75, 3.05) is 38.3 Å². The molecule has 148 valence electrons. The van der Waals surface area contributed by atoms with Gasteiger partial charge in [-0.15, -0.1) is 10.2 Å². The van der Waals surface area contributed by atoms with Crippen molar-refractivity contribution in [2.45, 2.75) is 12.8 Å². The van der Waals surface area contributed by atoms with Gasteiger partial charge in [-0.1, -0.05) is 0 Å². The molecule has 0 saturated carbocycles. The molecule has 2 aliphatic rings. The summed E-state index contributed by atoms with van der Waals surface area (Å²) < 4.78 is 16.6. The van der Waals surface area contributed by atoms with Crippen molar-refractivity contribution in [1.82, 2.24) is 15.2 Å². The lowest BCUT2D eigenvalue weighted by molar-refractivity contribution is 0.122. The van der Waals surface area contributed by atoms with Crippen LogP contribution in [0.15, 0.2) is 45.9 Å². The lowest BCUT2D eigenvalue weighted by Gasteiger charge is -2.28. The summed E-state index contributed by atoms with van der Waals surface area (Å²) in [5, 5.41) is 8.41. The van der Waals surface area contributed by atoms with Crippen molar-refractivity contribution in [3.63, 3.8) is 0 Å². The summed E-state index contributed by atoms with van der Waals surface area (Å²) in [6, 6.07) is 10.2. The van der Waals surface area contributed by atoms with E-state index in [1.165, 1.54) is 5.69 Å². The highest BCUT2D eigenvalue weighted by molar-refractivity contribution is 5.95. The van der Waals surface area contributed by atoms with Crippen LogP contribution in [0.5, 0.6) is 5.88 Å². The van der Waals surface area contributed by atoms with Gasteiger partial charge in [-0.3, -0.25) is 4.99 Å². The van der Waals surface area contributed by atoms with Crippen LogP contribution in [0.4, 0.5) is 11.4 Å². The largest absolute Gasteiger partial charge is 0.479 e. The van der Waals surface area contributed by atoms with E-state index in [1.807, 2.05) is 18.2 Å². The first-order valence-corrected chi connectivity index (χ1v) is 9.64. The zero-order valence-electron chi connectivity index (χ0n) is 16.2. The van der Waals surface area contributed by atoms with E-state index in [-0.39, 0.29) is 0 Å². The molecule has 0 spiro atoms. The van der Waals surface area contributed by atoms with E-state index < -0.39 is 0 Å². The van der Waals surface area contributed by atoms with Crippen LogP contribution in [0, 0.1) is 0 Å². The molecule has 0 N–H and O–H groups in total. The fraction of sp³-hybridized carbons (Fsp3) is 0.333. The molecule has 0 radical (unpaired) electrons. The number of hydrogen-bond donors (Lipinski definition) is 0. The number of methoxy groups -OCH3 is 1. The number of aromatic nitrogens is 3. The number of anilines is 1. The number of morpholine rings is 1. The zero-order valence-corrected chi connectivity index (χ0v) is 16.2. The molecule has 1 saturated heterocycles. The Balaban J connectivity index is 1.29. The minimum absolute atomic E-state index is 0.511. The van der Waals surface area contributed by atoms with E-state index in [0.717, 1.165) is 55.3 Å². The second kappa shape index (κ2) is 7.63. The Bertz CT molecular complexity index is 1040. The zero-order chi connectivity index (χ0) is 19.6. The third-order valence-electron chi connectivity index (χ3n) is 5.14. The van der Waals surface area contributed by atoms with Gasteiger partial charge in [-0.25, -0.2) is 4.98 Å². The van der Waals surface area contributed by atoms with Gasteiger partial charge in [0, 0.05) is 42.7 Å². The van der Waals surface area contributed by atoms with Crippen LogP contribution in [0.3, 0.4) is 0 Å². The molecule has 2 aliphatic heterocycles. The number of nitrogens with zero attached hydrogens (tertiary/aromatic N) is 5. The predicted molar refractivity (Wildman–Crippen MR) is 108 cm³/mol. The summed E-state index contributed by atoms with van der Waals surface area (Å²) in [6.45, 7) is 3.36. The first-order valence-electron chi connectivity index (χ1n) is 9.64. The van der Waals surface area contributed by atoms with E-state index in [1.54, 1.807) is 13.3 Å². The minimum atomic E-state index is 0.511. The summed E-state index contributed by atoms with van der Waals surface area (Å²) in [5.41, 5.74) is 4.94. The number of benzene rings is 1. The van der Waals surface area contributed by atoms with Crippen molar-refractivity contribution >= 4 is 17.1 Å². The quantitative estimate of drug-likeness (QED) is 0.661. The SMILES string of the molecule is COc1nccc2c1N=C(Cc1nnc(-c3ccc(N4CCOCC4)cc3)o1)C2. The summed E-state index contributed by atoms with van der Waals surface area (Å²) in [7, 11) is 1.60. The Morgan fingerprint density at radius 3 is 2.69 bits per heavy atom. The Hall–Kier alpha value is -3.26. The average Bonchev–Trinajstić information content (AvgIpc) is 3.41. The molecule has 8 nitrogen and oxygen atoms in total. The smallest absolute Gasteiger partial charge is 0.247 e. The second-order valence-corrected chi connectivity index (χ2v) is 7.01. The molecule has 0 unspecified atom stereocenters. The van der Waals surface area contributed by atoms with Crippen LogP contribution in [-0.4, -0.2) is 54.3 Å². The van der Waals surface area contributed by atoms with Gasteiger partial charge in [0.1, 0.15) is 5.69 Å². The molecule has 0 aliphatic carbocycles. The Kier molecular flexibility index (Phi) is 4.69. The molecule has 5 rings (SSSR count). The van der Waals surface area contributed by atoms with Crippen LogP contribution in [0.1, 0.15) is 11.5 Å². The number of rotatable bonds is 5. The van der Waals surface area contributed by atoms with E-state index in [9.17, 15) is 0 Å². The van der Waals surface area contributed by atoms with Crippen LogP contribution in [-0.2, 0) is 17.6 Å². The third kappa shape index (κ3) is 3.58. The standard InChI is InChI=1S/C21H21N5O3/c1-27-21-19-15(6-7-22-21)12-16(23-19)13-18-24-25-20(29-18)14-2-4-17(5-3-14)26-8-10-28-11-9-26/h2-7H,8-13H2,1H3. The van der Waals surface area contributed by atoms with Crippen molar-refractivity contribution in [3.8, 4) is 17.3 Å². The molecule has 4 heterocycles. The van der Waals surface area contributed by atoms with Gasteiger partial charge in [-0.05, 0) is 35.9 Å². The lowest BCUT2D eigenvalue weighted by Crippen LogP contribution is -2.36. The topological polar surface area (TPSA) is 85.9 Å².